The molecule has 1 fully saturated rings. The van der Waals surface area contributed by atoms with Crippen LogP contribution in [0.5, 0.6) is 0 Å². The number of nitrogens with two attached hydrogens (primary N) is 1. The molecule has 4 nitrogen and oxygen atoms in total. The first-order valence-electron chi connectivity index (χ1n) is 6.72. The monoisotopic (exact) mass is 262 g/mol. The van der Waals surface area contributed by atoms with E-state index in [0.717, 1.165) is 18.4 Å². The first-order valence-corrected chi connectivity index (χ1v) is 6.72. The van der Waals surface area contributed by atoms with Crippen LogP contribution in [-0.4, -0.2) is 36.6 Å². The summed E-state index contributed by atoms with van der Waals surface area (Å²) in [5.41, 5.74) is 8.23. The summed E-state index contributed by atoms with van der Waals surface area (Å²) in [6.45, 7) is 2.97. The van der Waals surface area contributed by atoms with Crippen molar-refractivity contribution >= 4 is 5.91 Å². The number of ether oxygens (including phenoxy) is 1. The largest absolute Gasteiger partial charge is 0.383 e. The van der Waals surface area contributed by atoms with Gasteiger partial charge < -0.3 is 15.4 Å². The van der Waals surface area contributed by atoms with E-state index in [1.807, 2.05) is 4.90 Å². The molecule has 19 heavy (non-hydrogen) atoms. The average molecular weight is 262 g/mol. The van der Waals surface area contributed by atoms with E-state index in [-0.39, 0.29) is 12.5 Å². The zero-order valence-corrected chi connectivity index (χ0v) is 11.6. The summed E-state index contributed by atoms with van der Waals surface area (Å²) in [7, 11) is 1.56. The number of carbonyl (C=O) groups excluding carboxylic acids is 1. The minimum atomic E-state index is -0.559. The van der Waals surface area contributed by atoms with Gasteiger partial charge in [-0.1, -0.05) is 29.8 Å². The number of aryl methyl sites for hydroxylation is 1. The van der Waals surface area contributed by atoms with Crippen molar-refractivity contribution in [3.63, 3.8) is 0 Å². The van der Waals surface area contributed by atoms with Crippen LogP contribution >= 0.6 is 0 Å². The van der Waals surface area contributed by atoms with E-state index in [4.69, 9.17) is 10.5 Å². The zero-order valence-electron chi connectivity index (χ0n) is 11.6. The lowest BCUT2D eigenvalue weighted by molar-refractivity contribution is -0.135. The van der Waals surface area contributed by atoms with Gasteiger partial charge in [-0.3, -0.25) is 4.79 Å². The Balaban J connectivity index is 2.04. The summed E-state index contributed by atoms with van der Waals surface area (Å²) in [5, 5.41) is 0. The van der Waals surface area contributed by atoms with Gasteiger partial charge >= 0.3 is 0 Å². The van der Waals surface area contributed by atoms with E-state index < -0.39 is 6.04 Å². The van der Waals surface area contributed by atoms with Gasteiger partial charge in [0.05, 0.1) is 6.61 Å². The van der Waals surface area contributed by atoms with Gasteiger partial charge in [0.2, 0.25) is 5.91 Å². The first kappa shape index (κ1) is 14.0. The highest BCUT2D eigenvalue weighted by atomic mass is 16.5. The second kappa shape index (κ2) is 6.17. The van der Waals surface area contributed by atoms with Crippen LogP contribution < -0.4 is 5.73 Å². The van der Waals surface area contributed by atoms with Gasteiger partial charge in [-0.05, 0) is 25.3 Å². The van der Waals surface area contributed by atoms with Crippen LogP contribution in [0.4, 0.5) is 0 Å². The maximum atomic E-state index is 12.3. The molecular weight excluding hydrogens is 240 g/mol. The number of benzene rings is 1. The zero-order chi connectivity index (χ0) is 13.8. The normalized spacial score (nSPS) is 16.2. The van der Waals surface area contributed by atoms with Crippen LogP contribution in [0.1, 0.15) is 24.0 Å². The molecule has 1 amide bonds. The molecule has 0 aliphatic heterocycles. The first-order chi connectivity index (χ1) is 9.11. The van der Waals surface area contributed by atoms with E-state index in [2.05, 4.69) is 31.2 Å². The van der Waals surface area contributed by atoms with E-state index in [0.29, 0.717) is 12.6 Å². The molecule has 0 heterocycles. The van der Waals surface area contributed by atoms with Crippen LogP contribution in [0.2, 0.25) is 0 Å². The summed E-state index contributed by atoms with van der Waals surface area (Å²) in [6.07, 6.45) is 2.16. The Morgan fingerprint density at radius 2 is 2.05 bits per heavy atom. The average Bonchev–Trinajstić information content (AvgIpc) is 3.22. The van der Waals surface area contributed by atoms with Crippen molar-refractivity contribution in [2.24, 2.45) is 5.73 Å². The maximum absolute atomic E-state index is 12.3. The molecule has 2 N–H and O–H groups in total. The molecule has 0 radical (unpaired) electrons. The number of rotatable bonds is 6. The highest BCUT2D eigenvalue weighted by Gasteiger charge is 2.34. The number of carbonyl (C=O) groups is 1. The third-order valence-corrected chi connectivity index (χ3v) is 3.41. The fraction of sp³-hybridized carbons (Fsp3) is 0.533. The number of nitrogens with zero attached hydrogens (tertiary/aromatic N) is 1. The number of hydrogen-bond acceptors (Lipinski definition) is 3. The molecule has 104 valence electrons. The maximum Gasteiger partial charge on any atom is 0.242 e. The summed E-state index contributed by atoms with van der Waals surface area (Å²) in [4.78, 5) is 14.2. The van der Waals surface area contributed by atoms with Crippen molar-refractivity contribution in [3.8, 4) is 0 Å². The second-order valence-corrected chi connectivity index (χ2v) is 5.24. The fourth-order valence-corrected chi connectivity index (χ4v) is 2.13. The van der Waals surface area contributed by atoms with Crippen molar-refractivity contribution in [1.82, 2.24) is 4.90 Å². The molecule has 0 saturated heterocycles. The predicted molar refractivity (Wildman–Crippen MR) is 74.6 cm³/mol. The van der Waals surface area contributed by atoms with Gasteiger partial charge in [0, 0.05) is 19.7 Å². The predicted octanol–water partition coefficient (Wildman–Crippen LogP) is 1.46. The summed E-state index contributed by atoms with van der Waals surface area (Å²) in [5.74, 6) is -0.00933. The van der Waals surface area contributed by atoms with Gasteiger partial charge in [0.25, 0.3) is 0 Å². The van der Waals surface area contributed by atoms with Crippen molar-refractivity contribution in [2.45, 2.75) is 38.4 Å². The topological polar surface area (TPSA) is 55.6 Å². The standard InChI is InChI=1S/C15H22N2O2/c1-11-3-5-12(6-4-11)9-17(13-7-8-13)15(18)14(16)10-19-2/h3-6,13-14H,7-10,16H2,1-2H3. The van der Waals surface area contributed by atoms with E-state index in [9.17, 15) is 4.79 Å². The lowest BCUT2D eigenvalue weighted by atomic mass is 10.1. The molecule has 2 rings (SSSR count). The molecule has 1 atom stereocenters. The minimum Gasteiger partial charge on any atom is -0.383 e. The highest BCUT2D eigenvalue weighted by Crippen LogP contribution is 2.28. The van der Waals surface area contributed by atoms with E-state index >= 15 is 0 Å². The molecule has 1 saturated carbocycles. The van der Waals surface area contributed by atoms with Gasteiger partial charge in [-0.15, -0.1) is 0 Å². The molecule has 1 aliphatic rings. The highest BCUT2D eigenvalue weighted by molar-refractivity contribution is 5.82. The van der Waals surface area contributed by atoms with Crippen LogP contribution in [0.3, 0.4) is 0 Å². The van der Waals surface area contributed by atoms with Gasteiger partial charge in [0.1, 0.15) is 6.04 Å². The third-order valence-electron chi connectivity index (χ3n) is 3.41. The number of amides is 1. The Hall–Kier alpha value is -1.39. The number of hydrogen-bond donors (Lipinski definition) is 1. The molecule has 1 aliphatic carbocycles. The van der Waals surface area contributed by atoms with Crippen LogP contribution in [0.15, 0.2) is 24.3 Å². The molecule has 0 aromatic heterocycles. The molecule has 1 unspecified atom stereocenters. The Bertz CT molecular complexity index is 426. The van der Waals surface area contributed by atoms with Crippen LogP contribution in [0, 0.1) is 6.92 Å². The van der Waals surface area contributed by atoms with Gasteiger partial charge in [-0.25, -0.2) is 0 Å². The van der Waals surface area contributed by atoms with Crippen molar-refractivity contribution < 1.29 is 9.53 Å². The van der Waals surface area contributed by atoms with Crippen molar-refractivity contribution in [3.05, 3.63) is 35.4 Å². The minimum absolute atomic E-state index is 0.00933. The van der Waals surface area contributed by atoms with Crippen LogP contribution in [0.25, 0.3) is 0 Å². The second-order valence-electron chi connectivity index (χ2n) is 5.24. The summed E-state index contributed by atoms with van der Waals surface area (Å²) < 4.78 is 4.97. The Morgan fingerprint density at radius 3 is 2.58 bits per heavy atom. The molecule has 1 aromatic rings. The molecule has 0 spiro atoms. The smallest absolute Gasteiger partial charge is 0.242 e. The third kappa shape index (κ3) is 3.78. The molecular formula is C15H22N2O2. The number of methoxy groups -OCH3 is 1. The quantitative estimate of drug-likeness (QED) is 0.844. The van der Waals surface area contributed by atoms with Crippen LogP contribution in [-0.2, 0) is 16.1 Å². The van der Waals surface area contributed by atoms with E-state index in [1.54, 1.807) is 7.11 Å². The van der Waals surface area contributed by atoms with Gasteiger partial charge in [0.15, 0.2) is 0 Å². The van der Waals surface area contributed by atoms with Crippen molar-refractivity contribution in [1.29, 1.82) is 0 Å². The molecule has 1 aromatic carbocycles. The van der Waals surface area contributed by atoms with Gasteiger partial charge in [-0.2, -0.15) is 0 Å². The fourth-order valence-electron chi connectivity index (χ4n) is 2.13. The SMILES string of the molecule is COCC(N)C(=O)N(Cc1ccc(C)cc1)C1CC1. The molecule has 0 bridgehead atoms. The Morgan fingerprint density at radius 1 is 1.42 bits per heavy atom. The summed E-state index contributed by atoms with van der Waals surface area (Å²) >= 11 is 0. The lowest BCUT2D eigenvalue weighted by Crippen LogP contribution is -2.46. The summed E-state index contributed by atoms with van der Waals surface area (Å²) in [6, 6.07) is 8.08. The van der Waals surface area contributed by atoms with E-state index in [1.165, 1.54) is 5.56 Å². The van der Waals surface area contributed by atoms with Crippen molar-refractivity contribution in [2.75, 3.05) is 13.7 Å². The lowest BCUT2D eigenvalue weighted by Gasteiger charge is -2.25. The molecule has 4 heteroatoms. The Kier molecular flexibility index (Phi) is 4.56. The Labute approximate surface area is 114 Å².